The molecule has 0 radical (unpaired) electrons. The molecule has 2 aromatic rings. The lowest BCUT2D eigenvalue weighted by Gasteiger charge is -2.59. The van der Waals surface area contributed by atoms with Gasteiger partial charge < -0.3 is 14.2 Å². The molecule has 0 atom stereocenters. The topological polar surface area (TPSA) is 61.8 Å². The lowest BCUT2D eigenvalue weighted by molar-refractivity contribution is -0.319. The summed E-state index contributed by atoms with van der Waals surface area (Å²) in [5.41, 5.74) is 1.19. The maximum absolute atomic E-state index is 11.5. The Labute approximate surface area is 202 Å². The van der Waals surface area contributed by atoms with Crippen LogP contribution in [0.25, 0.3) is 0 Å². The molecule has 1 aliphatic heterocycles. The normalized spacial score (nSPS) is 29.0. The molecule has 4 bridgehead atoms. The van der Waals surface area contributed by atoms with Crippen molar-refractivity contribution in [3.63, 3.8) is 0 Å². The summed E-state index contributed by atoms with van der Waals surface area (Å²) in [4.78, 5) is 23.1. The van der Waals surface area contributed by atoms with E-state index in [0.717, 1.165) is 46.8 Å². The van der Waals surface area contributed by atoms with Gasteiger partial charge >= 0.3 is 11.9 Å². The van der Waals surface area contributed by atoms with E-state index in [2.05, 4.69) is 34.7 Å². The standard InChI is InChI=1S/C13H11IO.C13H16O4/c14-12-8-4-5-9-13(12)15-10-11-6-2-1-3-7-11;14-11-6-12(15)17-13(16-11)9-2-7-1-8(4-9)5-10(13)3-7/h1-9H,10H2;7-10H,1-6H2. The first-order valence-electron chi connectivity index (χ1n) is 11.4. The molecule has 32 heavy (non-hydrogen) atoms. The molecule has 4 saturated carbocycles. The zero-order valence-electron chi connectivity index (χ0n) is 17.9. The predicted octanol–water partition coefficient (Wildman–Crippen LogP) is 5.50. The van der Waals surface area contributed by atoms with E-state index in [-0.39, 0.29) is 18.3 Å². The molecule has 168 valence electrons. The Morgan fingerprint density at radius 2 is 1.38 bits per heavy atom. The minimum atomic E-state index is -0.875. The van der Waals surface area contributed by atoms with E-state index in [4.69, 9.17) is 14.2 Å². The molecule has 1 heterocycles. The predicted molar refractivity (Wildman–Crippen MR) is 127 cm³/mol. The van der Waals surface area contributed by atoms with E-state index in [9.17, 15) is 9.59 Å². The van der Waals surface area contributed by atoms with Crippen LogP contribution in [0, 0.1) is 27.2 Å². The quantitative estimate of drug-likeness (QED) is 0.289. The molecule has 4 aliphatic carbocycles. The van der Waals surface area contributed by atoms with Crippen LogP contribution < -0.4 is 4.74 Å². The lowest BCUT2D eigenvalue weighted by Crippen LogP contribution is -2.63. The van der Waals surface area contributed by atoms with Gasteiger partial charge in [0.2, 0.25) is 0 Å². The van der Waals surface area contributed by atoms with Crippen molar-refractivity contribution in [1.82, 2.24) is 0 Å². The summed E-state index contributed by atoms with van der Waals surface area (Å²) in [6.07, 6.45) is 5.36. The number of para-hydroxylation sites is 1. The van der Waals surface area contributed by atoms with Crippen LogP contribution in [-0.4, -0.2) is 17.7 Å². The largest absolute Gasteiger partial charge is 0.488 e. The zero-order chi connectivity index (χ0) is 22.1. The number of ether oxygens (including phenoxy) is 3. The Balaban J connectivity index is 0.000000136. The summed E-state index contributed by atoms with van der Waals surface area (Å²) in [6.45, 7) is 0.626. The Kier molecular flexibility index (Phi) is 6.14. The van der Waals surface area contributed by atoms with Gasteiger partial charge in [-0.1, -0.05) is 42.5 Å². The average Bonchev–Trinajstić information content (AvgIpc) is 2.77. The first-order valence-corrected chi connectivity index (χ1v) is 12.4. The van der Waals surface area contributed by atoms with Crippen LogP contribution in [0.3, 0.4) is 0 Å². The maximum atomic E-state index is 11.5. The molecule has 0 aromatic heterocycles. The second kappa shape index (κ2) is 9.04. The second-order valence-electron chi connectivity index (χ2n) is 9.36. The number of benzene rings is 2. The Morgan fingerprint density at radius 3 is 1.97 bits per heavy atom. The molecular weight excluding hydrogens is 519 g/mol. The van der Waals surface area contributed by atoms with E-state index >= 15 is 0 Å². The Hall–Kier alpha value is -2.09. The second-order valence-corrected chi connectivity index (χ2v) is 10.5. The van der Waals surface area contributed by atoms with Crippen molar-refractivity contribution >= 4 is 34.5 Å². The molecule has 5 nitrogen and oxygen atoms in total. The van der Waals surface area contributed by atoms with E-state index < -0.39 is 17.7 Å². The van der Waals surface area contributed by atoms with Gasteiger partial charge in [0.05, 0.1) is 3.57 Å². The summed E-state index contributed by atoms with van der Waals surface area (Å²) in [5, 5.41) is 0. The fourth-order valence-electron chi connectivity index (χ4n) is 6.04. The summed E-state index contributed by atoms with van der Waals surface area (Å²) < 4.78 is 17.9. The molecule has 2 aromatic carbocycles. The van der Waals surface area contributed by atoms with Crippen LogP contribution >= 0.6 is 22.6 Å². The number of hydrogen-bond donors (Lipinski definition) is 0. The monoisotopic (exact) mass is 546 g/mol. The first kappa shape index (κ1) is 21.7. The van der Waals surface area contributed by atoms with Gasteiger partial charge in [-0.15, -0.1) is 0 Å². The van der Waals surface area contributed by atoms with E-state index in [1.54, 1.807) is 0 Å². The molecule has 1 spiro atoms. The summed E-state index contributed by atoms with van der Waals surface area (Å²) in [6, 6.07) is 18.2. The molecule has 7 rings (SSSR count). The van der Waals surface area contributed by atoms with Crippen LogP contribution in [0.15, 0.2) is 54.6 Å². The number of carbonyl (C=O) groups excluding carboxylic acids is 2. The lowest BCUT2D eigenvalue weighted by atomic mass is 9.53. The molecule has 1 saturated heterocycles. The van der Waals surface area contributed by atoms with Gasteiger partial charge in [0.15, 0.2) is 0 Å². The SMILES string of the molecule is Ic1ccccc1OCc1ccccc1.O=C1CC(=O)OC2(O1)C1CC3CC(C1)CC2C3. The van der Waals surface area contributed by atoms with Crippen LogP contribution in [0.2, 0.25) is 0 Å². The zero-order valence-corrected chi connectivity index (χ0v) is 20.0. The number of carbonyl (C=O) groups is 2. The maximum Gasteiger partial charge on any atom is 0.320 e. The van der Waals surface area contributed by atoms with Crippen molar-refractivity contribution in [3.8, 4) is 5.75 Å². The minimum Gasteiger partial charge on any atom is -0.488 e. The highest BCUT2D eigenvalue weighted by atomic mass is 127. The van der Waals surface area contributed by atoms with Gasteiger partial charge in [-0.05, 0) is 84.2 Å². The van der Waals surface area contributed by atoms with Crippen molar-refractivity contribution in [2.45, 2.75) is 50.9 Å². The molecular formula is C26H27IO5. The molecule has 0 amide bonds. The smallest absolute Gasteiger partial charge is 0.320 e. The first-order chi connectivity index (χ1) is 15.5. The van der Waals surface area contributed by atoms with E-state index in [0.29, 0.717) is 6.61 Å². The summed E-state index contributed by atoms with van der Waals surface area (Å²) in [7, 11) is 0. The molecule has 0 unspecified atom stereocenters. The van der Waals surface area contributed by atoms with Crippen LogP contribution in [0.1, 0.15) is 44.1 Å². The molecule has 6 heteroatoms. The van der Waals surface area contributed by atoms with Crippen molar-refractivity contribution in [1.29, 1.82) is 0 Å². The third-order valence-corrected chi connectivity index (χ3v) is 8.08. The molecule has 0 N–H and O–H groups in total. The fraction of sp³-hybridized carbons (Fsp3) is 0.462. The van der Waals surface area contributed by atoms with Gasteiger partial charge in [-0.2, -0.15) is 0 Å². The third kappa shape index (κ3) is 4.38. The number of hydrogen-bond acceptors (Lipinski definition) is 5. The highest BCUT2D eigenvalue weighted by Gasteiger charge is 2.63. The van der Waals surface area contributed by atoms with E-state index in [1.807, 2.05) is 42.5 Å². The Bertz CT molecular complexity index is 943. The van der Waals surface area contributed by atoms with Crippen molar-refractivity contribution in [3.05, 3.63) is 63.7 Å². The highest BCUT2D eigenvalue weighted by molar-refractivity contribution is 14.1. The van der Waals surface area contributed by atoms with Crippen molar-refractivity contribution in [2.75, 3.05) is 0 Å². The van der Waals surface area contributed by atoms with Gasteiger partial charge in [-0.3, -0.25) is 9.59 Å². The van der Waals surface area contributed by atoms with E-state index in [1.165, 1.54) is 12.0 Å². The third-order valence-electron chi connectivity index (χ3n) is 7.19. The van der Waals surface area contributed by atoms with Crippen LogP contribution in [0.5, 0.6) is 5.75 Å². The van der Waals surface area contributed by atoms with Crippen LogP contribution in [-0.2, 0) is 25.7 Å². The number of halogens is 1. The summed E-state index contributed by atoms with van der Waals surface area (Å²) in [5.74, 6) is 1.33. The average molecular weight is 546 g/mol. The van der Waals surface area contributed by atoms with Crippen LogP contribution in [0.4, 0.5) is 0 Å². The van der Waals surface area contributed by atoms with Crippen molar-refractivity contribution in [2.24, 2.45) is 23.7 Å². The molecule has 5 aliphatic rings. The summed E-state index contributed by atoms with van der Waals surface area (Å²) >= 11 is 2.28. The number of esters is 2. The van der Waals surface area contributed by atoms with Gasteiger partial charge in [0.25, 0.3) is 5.79 Å². The van der Waals surface area contributed by atoms with Gasteiger partial charge in [0, 0.05) is 11.8 Å². The highest BCUT2D eigenvalue weighted by Crippen LogP contribution is 2.60. The number of rotatable bonds is 3. The molecule has 5 fully saturated rings. The minimum absolute atomic E-state index is 0.214. The van der Waals surface area contributed by atoms with Gasteiger partial charge in [-0.25, -0.2) is 0 Å². The fourth-order valence-corrected chi connectivity index (χ4v) is 6.58. The van der Waals surface area contributed by atoms with Gasteiger partial charge in [0.1, 0.15) is 18.8 Å². The van der Waals surface area contributed by atoms with Crippen molar-refractivity contribution < 1.29 is 23.8 Å². The Morgan fingerprint density at radius 1 is 0.812 bits per heavy atom.